The zero-order chi connectivity index (χ0) is 19.5. The maximum absolute atomic E-state index is 6.18. The first-order valence-corrected chi connectivity index (χ1v) is 9.80. The van der Waals surface area contributed by atoms with Crippen LogP contribution in [-0.2, 0) is 0 Å². The largest absolute Gasteiger partial charge is 0.223 e. The van der Waals surface area contributed by atoms with Crippen molar-refractivity contribution in [2.45, 2.75) is 19.8 Å². The Morgan fingerprint density at radius 3 is 2.43 bits per heavy atom. The third kappa shape index (κ3) is 3.56. The molecule has 0 fully saturated rings. The number of rotatable bonds is 4. The van der Waals surface area contributed by atoms with Gasteiger partial charge in [0.15, 0.2) is 0 Å². The summed E-state index contributed by atoms with van der Waals surface area (Å²) in [7, 11) is 0. The van der Waals surface area contributed by atoms with Gasteiger partial charge in [-0.25, -0.2) is 9.97 Å². The van der Waals surface area contributed by atoms with Gasteiger partial charge in [0.1, 0.15) is 0 Å². The number of fused-ring (bicyclic) bond motifs is 2. The van der Waals surface area contributed by atoms with Gasteiger partial charge in [-0.2, -0.15) is 0 Å². The van der Waals surface area contributed by atoms with Crippen LogP contribution in [0.4, 0.5) is 0 Å². The summed E-state index contributed by atoms with van der Waals surface area (Å²) in [4.78, 5) is 8.84. The van der Waals surface area contributed by atoms with Crippen LogP contribution in [0.3, 0.4) is 0 Å². The summed E-state index contributed by atoms with van der Waals surface area (Å²) < 4.78 is 0. The van der Waals surface area contributed by atoms with Gasteiger partial charge in [-0.05, 0) is 52.4 Å². The molecule has 0 amide bonds. The molecule has 4 rings (SSSR count). The van der Waals surface area contributed by atoms with E-state index in [9.17, 15) is 0 Å². The second kappa shape index (κ2) is 7.95. The lowest BCUT2D eigenvalue weighted by molar-refractivity contribution is 0.980. The van der Waals surface area contributed by atoms with Gasteiger partial charge in [0, 0.05) is 5.39 Å². The fourth-order valence-electron chi connectivity index (χ4n) is 3.58. The lowest BCUT2D eigenvalue weighted by Crippen LogP contribution is -1.95. The number of halogens is 1. The van der Waals surface area contributed by atoms with Crippen LogP contribution < -0.4 is 0 Å². The Morgan fingerprint density at radius 2 is 1.61 bits per heavy atom. The Morgan fingerprint density at radius 1 is 0.893 bits per heavy atom. The first kappa shape index (κ1) is 18.4. The molecule has 0 spiro atoms. The molecule has 3 heteroatoms. The topological polar surface area (TPSA) is 25.8 Å². The van der Waals surface area contributed by atoms with Crippen LogP contribution in [0.2, 0.25) is 5.28 Å². The SMILES string of the molecule is C/C=C(\C=C/C(C)c1cccc2ccccc12)c1nc(Cl)nc2ccccc12. The van der Waals surface area contributed by atoms with E-state index in [1.165, 1.54) is 16.3 Å². The average Bonchev–Trinajstić information content (AvgIpc) is 2.73. The van der Waals surface area contributed by atoms with E-state index in [0.29, 0.717) is 0 Å². The van der Waals surface area contributed by atoms with Gasteiger partial charge in [-0.3, -0.25) is 0 Å². The molecule has 1 unspecified atom stereocenters. The van der Waals surface area contributed by atoms with Gasteiger partial charge < -0.3 is 0 Å². The minimum absolute atomic E-state index is 0.267. The number of para-hydroxylation sites is 1. The van der Waals surface area contributed by atoms with Crippen LogP contribution in [-0.4, -0.2) is 9.97 Å². The molecule has 0 radical (unpaired) electrons. The molecule has 1 atom stereocenters. The first-order chi connectivity index (χ1) is 13.7. The molecule has 3 aromatic carbocycles. The van der Waals surface area contributed by atoms with E-state index >= 15 is 0 Å². The zero-order valence-electron chi connectivity index (χ0n) is 15.9. The molecule has 1 aromatic heterocycles. The summed E-state index contributed by atoms with van der Waals surface area (Å²) in [6.07, 6.45) is 6.43. The summed E-state index contributed by atoms with van der Waals surface area (Å²) in [6.45, 7) is 4.24. The van der Waals surface area contributed by atoms with Gasteiger partial charge in [0.2, 0.25) is 5.28 Å². The molecule has 0 aliphatic heterocycles. The molecule has 138 valence electrons. The quantitative estimate of drug-likeness (QED) is 0.274. The molecule has 0 saturated heterocycles. The average molecular weight is 385 g/mol. The molecule has 0 N–H and O–H groups in total. The summed E-state index contributed by atoms with van der Waals surface area (Å²) in [5, 5.41) is 3.82. The number of hydrogen-bond acceptors (Lipinski definition) is 2. The van der Waals surface area contributed by atoms with E-state index in [2.05, 4.69) is 77.6 Å². The second-order valence-corrected chi connectivity index (χ2v) is 7.16. The predicted molar refractivity (Wildman–Crippen MR) is 120 cm³/mol. The highest BCUT2D eigenvalue weighted by atomic mass is 35.5. The van der Waals surface area contributed by atoms with Crippen LogP contribution in [0.25, 0.3) is 27.2 Å². The standard InChI is InChI=1S/C25H21ClN2/c1-3-18(24-22-12-6-7-14-23(22)27-25(26)28-24)16-15-17(2)20-13-8-10-19-9-4-5-11-21(19)20/h3-17H,1-2H3/b16-15-,18-3+. The molecular weight excluding hydrogens is 364 g/mol. The first-order valence-electron chi connectivity index (χ1n) is 9.42. The number of nitrogens with zero attached hydrogens (tertiary/aromatic N) is 2. The molecule has 0 bridgehead atoms. The van der Waals surface area contributed by atoms with E-state index in [4.69, 9.17) is 11.6 Å². The summed E-state index contributed by atoms with van der Waals surface area (Å²) in [5.74, 6) is 0.268. The Kier molecular flexibility index (Phi) is 5.23. The Labute approximate surface area is 170 Å². The maximum atomic E-state index is 6.18. The Bertz CT molecular complexity index is 1200. The van der Waals surface area contributed by atoms with Crippen molar-refractivity contribution in [3.63, 3.8) is 0 Å². The van der Waals surface area contributed by atoms with Crippen molar-refractivity contribution >= 4 is 38.8 Å². The van der Waals surface area contributed by atoms with Crippen LogP contribution in [0, 0.1) is 0 Å². The minimum Gasteiger partial charge on any atom is -0.218 e. The monoisotopic (exact) mass is 384 g/mol. The Hall–Kier alpha value is -2.97. The van der Waals surface area contributed by atoms with Crippen molar-refractivity contribution in [2.24, 2.45) is 0 Å². The summed E-state index contributed by atoms with van der Waals surface area (Å²) in [5.41, 5.74) is 4.06. The van der Waals surface area contributed by atoms with Crippen molar-refractivity contribution in [2.75, 3.05) is 0 Å². The molecule has 0 aliphatic rings. The van der Waals surface area contributed by atoms with E-state index in [1.807, 2.05) is 31.2 Å². The molecular formula is C25H21ClN2. The summed E-state index contributed by atoms with van der Waals surface area (Å²) in [6, 6.07) is 22.9. The van der Waals surface area contributed by atoms with E-state index in [0.717, 1.165) is 22.2 Å². The lowest BCUT2D eigenvalue weighted by Gasteiger charge is -2.12. The molecule has 0 aliphatic carbocycles. The highest BCUT2D eigenvalue weighted by molar-refractivity contribution is 6.28. The predicted octanol–water partition coefficient (Wildman–Crippen LogP) is 7.20. The van der Waals surface area contributed by atoms with Gasteiger partial charge in [-0.15, -0.1) is 0 Å². The second-order valence-electron chi connectivity index (χ2n) is 6.82. The number of hydrogen-bond donors (Lipinski definition) is 0. The maximum Gasteiger partial charge on any atom is 0.223 e. The van der Waals surface area contributed by atoms with Crippen LogP contribution in [0.15, 0.2) is 85.0 Å². The highest BCUT2D eigenvalue weighted by Crippen LogP contribution is 2.29. The van der Waals surface area contributed by atoms with Crippen molar-refractivity contribution in [3.8, 4) is 0 Å². The van der Waals surface area contributed by atoms with Gasteiger partial charge in [0.05, 0.1) is 11.2 Å². The van der Waals surface area contributed by atoms with Crippen molar-refractivity contribution in [1.29, 1.82) is 0 Å². The van der Waals surface area contributed by atoms with E-state index in [1.54, 1.807) is 0 Å². The third-order valence-electron chi connectivity index (χ3n) is 5.04. The lowest BCUT2D eigenvalue weighted by atomic mass is 9.93. The number of aromatic nitrogens is 2. The van der Waals surface area contributed by atoms with Gasteiger partial charge in [-0.1, -0.05) is 85.8 Å². The fourth-order valence-corrected chi connectivity index (χ4v) is 3.75. The van der Waals surface area contributed by atoms with Crippen molar-refractivity contribution in [1.82, 2.24) is 9.97 Å². The number of allylic oxidation sites excluding steroid dienone is 4. The number of benzene rings is 3. The minimum atomic E-state index is 0.267. The molecule has 2 nitrogen and oxygen atoms in total. The molecule has 1 heterocycles. The third-order valence-corrected chi connectivity index (χ3v) is 5.21. The zero-order valence-corrected chi connectivity index (χ0v) is 16.7. The highest BCUT2D eigenvalue weighted by Gasteiger charge is 2.10. The molecule has 0 saturated carbocycles. The smallest absolute Gasteiger partial charge is 0.218 e. The normalized spacial score (nSPS) is 13.5. The molecule has 28 heavy (non-hydrogen) atoms. The molecule has 4 aromatic rings. The van der Waals surface area contributed by atoms with E-state index < -0.39 is 0 Å². The Balaban J connectivity index is 1.72. The van der Waals surface area contributed by atoms with Gasteiger partial charge >= 0.3 is 0 Å². The fraction of sp³-hybridized carbons (Fsp3) is 0.120. The van der Waals surface area contributed by atoms with Crippen molar-refractivity contribution in [3.05, 3.63) is 101 Å². The summed E-state index contributed by atoms with van der Waals surface area (Å²) >= 11 is 6.18. The van der Waals surface area contributed by atoms with Crippen molar-refractivity contribution < 1.29 is 0 Å². The van der Waals surface area contributed by atoms with E-state index in [-0.39, 0.29) is 11.2 Å². The van der Waals surface area contributed by atoms with Gasteiger partial charge in [0.25, 0.3) is 0 Å². The van der Waals surface area contributed by atoms with Crippen LogP contribution in [0.1, 0.15) is 31.0 Å². The van der Waals surface area contributed by atoms with Crippen LogP contribution in [0.5, 0.6) is 0 Å². The van der Waals surface area contributed by atoms with Crippen LogP contribution >= 0.6 is 11.6 Å².